The van der Waals surface area contributed by atoms with Gasteiger partial charge in [0.2, 0.25) is 0 Å². The van der Waals surface area contributed by atoms with Crippen LogP contribution in [0.25, 0.3) is 0 Å². The molecule has 0 saturated heterocycles. The topological polar surface area (TPSA) is 29.4 Å². The van der Waals surface area contributed by atoms with Crippen molar-refractivity contribution >= 4 is 11.6 Å². The molecule has 1 aliphatic heterocycles. The zero-order valence-corrected chi connectivity index (χ0v) is 8.66. The minimum Gasteiger partial charge on any atom is -0.267 e. The molecule has 1 aliphatic carbocycles. The van der Waals surface area contributed by atoms with Crippen LogP contribution in [0, 0.1) is 5.92 Å². The molecule has 0 aromatic heterocycles. The Balaban J connectivity index is 2.45. The Kier molecular flexibility index (Phi) is 1.99. The predicted molar refractivity (Wildman–Crippen MR) is 57.2 cm³/mol. The second-order valence-corrected chi connectivity index (χ2v) is 3.89. The molecule has 1 amide bonds. The summed E-state index contributed by atoms with van der Waals surface area (Å²) >= 11 is 0. The van der Waals surface area contributed by atoms with Gasteiger partial charge in [0, 0.05) is 11.5 Å². The fourth-order valence-corrected chi connectivity index (χ4v) is 1.70. The van der Waals surface area contributed by atoms with Crippen molar-refractivity contribution in [3.8, 4) is 0 Å². The molecule has 0 saturated carbocycles. The van der Waals surface area contributed by atoms with Crippen molar-refractivity contribution < 1.29 is 4.79 Å². The van der Waals surface area contributed by atoms with Gasteiger partial charge in [-0.2, -0.15) is 0 Å². The zero-order valence-electron chi connectivity index (χ0n) is 8.66. The first-order valence-corrected chi connectivity index (χ1v) is 4.76. The average molecular weight is 187 g/mol. The summed E-state index contributed by atoms with van der Waals surface area (Å²) in [7, 11) is 0. The minimum atomic E-state index is -0.103. The number of carbonyl (C=O) groups excluding carboxylic acids is 1. The highest BCUT2D eigenvalue weighted by molar-refractivity contribution is 6.13. The van der Waals surface area contributed by atoms with Crippen molar-refractivity contribution in [1.29, 1.82) is 0 Å². The van der Waals surface area contributed by atoms with Crippen molar-refractivity contribution in [1.82, 2.24) is 0 Å². The Morgan fingerprint density at radius 1 is 1.07 bits per heavy atom. The van der Waals surface area contributed by atoms with E-state index < -0.39 is 0 Å². The molecule has 2 aliphatic rings. The van der Waals surface area contributed by atoms with Gasteiger partial charge in [-0.05, 0) is 32.4 Å². The summed E-state index contributed by atoms with van der Waals surface area (Å²) in [5, 5.41) is 0. The lowest BCUT2D eigenvalue weighted by molar-refractivity contribution is -0.114. The maximum atomic E-state index is 11.3. The van der Waals surface area contributed by atoms with Gasteiger partial charge in [-0.15, -0.1) is 0 Å². The first-order valence-electron chi connectivity index (χ1n) is 4.76. The lowest BCUT2D eigenvalue weighted by Crippen LogP contribution is -2.20. The zero-order chi connectivity index (χ0) is 10.3. The second kappa shape index (κ2) is 3.05. The van der Waals surface area contributed by atoms with Gasteiger partial charge >= 0.3 is 0 Å². The Morgan fingerprint density at radius 3 is 2.43 bits per heavy atom. The largest absolute Gasteiger partial charge is 0.272 e. The fourth-order valence-electron chi connectivity index (χ4n) is 1.70. The third kappa shape index (κ3) is 1.37. The van der Waals surface area contributed by atoms with E-state index in [0.717, 1.165) is 11.3 Å². The van der Waals surface area contributed by atoms with Crippen LogP contribution in [-0.2, 0) is 4.79 Å². The van der Waals surface area contributed by atoms with E-state index in [1.807, 2.05) is 26.0 Å². The number of rotatable bonds is 0. The molecule has 0 bridgehead atoms. The van der Waals surface area contributed by atoms with Crippen molar-refractivity contribution in [3.05, 3.63) is 34.9 Å². The monoisotopic (exact) mass is 187 g/mol. The molecule has 1 unspecified atom stereocenters. The molecular weight excluding hydrogens is 174 g/mol. The summed E-state index contributed by atoms with van der Waals surface area (Å²) in [5.41, 5.74) is 4.09. The van der Waals surface area contributed by atoms with Crippen LogP contribution in [0.1, 0.15) is 20.8 Å². The number of fused-ring (bicyclic) bond motifs is 1. The average Bonchev–Trinajstić information content (AvgIpc) is 2.11. The van der Waals surface area contributed by atoms with Crippen molar-refractivity contribution in [2.75, 3.05) is 0 Å². The van der Waals surface area contributed by atoms with Gasteiger partial charge in [-0.3, -0.25) is 4.79 Å². The summed E-state index contributed by atoms with van der Waals surface area (Å²) in [4.78, 5) is 15.4. The molecule has 0 radical (unpaired) electrons. The molecule has 1 heterocycles. The van der Waals surface area contributed by atoms with E-state index in [1.54, 1.807) is 0 Å². The third-order valence-electron chi connectivity index (χ3n) is 2.76. The fraction of sp³-hybridized carbons (Fsp3) is 0.333. The van der Waals surface area contributed by atoms with Crippen LogP contribution in [0.2, 0.25) is 0 Å². The molecule has 1 atom stereocenters. The number of hydrogen-bond acceptors (Lipinski definition) is 1. The van der Waals surface area contributed by atoms with Crippen LogP contribution in [0.3, 0.4) is 0 Å². The third-order valence-corrected chi connectivity index (χ3v) is 2.76. The number of allylic oxidation sites excluding steroid dienone is 5. The second-order valence-electron chi connectivity index (χ2n) is 3.89. The highest BCUT2D eigenvalue weighted by Crippen LogP contribution is 2.25. The van der Waals surface area contributed by atoms with E-state index in [1.165, 1.54) is 11.1 Å². The van der Waals surface area contributed by atoms with Gasteiger partial charge in [-0.25, -0.2) is 4.99 Å². The maximum Gasteiger partial charge on any atom is 0.272 e. The van der Waals surface area contributed by atoms with Crippen molar-refractivity contribution in [3.63, 3.8) is 0 Å². The highest BCUT2D eigenvalue weighted by atomic mass is 16.1. The lowest BCUT2D eigenvalue weighted by atomic mass is 9.87. The van der Waals surface area contributed by atoms with Crippen molar-refractivity contribution in [2.24, 2.45) is 10.9 Å². The number of aliphatic imine (C=N–C) groups is 1. The van der Waals surface area contributed by atoms with Crippen LogP contribution in [0.4, 0.5) is 0 Å². The molecule has 0 aromatic rings. The molecule has 0 spiro atoms. The Bertz CT molecular complexity index is 422. The maximum absolute atomic E-state index is 11.3. The van der Waals surface area contributed by atoms with Crippen LogP contribution in [0.5, 0.6) is 0 Å². The smallest absolute Gasteiger partial charge is 0.267 e. The van der Waals surface area contributed by atoms with E-state index in [9.17, 15) is 4.79 Å². The number of nitrogens with zero attached hydrogens (tertiary/aromatic N) is 1. The summed E-state index contributed by atoms with van der Waals surface area (Å²) < 4.78 is 0. The van der Waals surface area contributed by atoms with Gasteiger partial charge in [0.15, 0.2) is 0 Å². The summed E-state index contributed by atoms with van der Waals surface area (Å²) in [6.07, 6.45) is 6.14. The minimum absolute atomic E-state index is 0.103. The molecular formula is C12H13NO. The summed E-state index contributed by atoms with van der Waals surface area (Å²) in [5.74, 6) is 0.102. The van der Waals surface area contributed by atoms with E-state index in [4.69, 9.17) is 0 Å². The first kappa shape index (κ1) is 9.13. The Hall–Kier alpha value is -1.44. The number of hydrogen-bond donors (Lipinski definition) is 0. The molecule has 72 valence electrons. The van der Waals surface area contributed by atoms with E-state index in [0.29, 0.717) is 0 Å². The SMILES string of the molecule is CC1=CC2C=C(C)C(C)=CC2=NC1=O. The number of carbonyl (C=O) groups is 1. The van der Waals surface area contributed by atoms with Gasteiger partial charge in [0.25, 0.3) is 5.91 Å². The number of amides is 1. The number of dihydropyridines is 1. The molecule has 2 heteroatoms. The van der Waals surface area contributed by atoms with Crippen LogP contribution < -0.4 is 0 Å². The van der Waals surface area contributed by atoms with Crippen molar-refractivity contribution in [2.45, 2.75) is 20.8 Å². The van der Waals surface area contributed by atoms with Gasteiger partial charge in [-0.1, -0.05) is 17.7 Å². The normalized spacial score (nSPS) is 25.9. The molecule has 0 N–H and O–H groups in total. The van der Waals surface area contributed by atoms with Gasteiger partial charge in [0.05, 0.1) is 5.71 Å². The predicted octanol–water partition coefficient (Wildman–Crippen LogP) is 2.44. The standard InChI is InChI=1S/C12H13NO/c1-7-4-10-5-9(3)12(14)13-11(10)6-8(7)2/h4-6,10H,1-3H3. The summed E-state index contributed by atoms with van der Waals surface area (Å²) in [6, 6.07) is 0. The van der Waals surface area contributed by atoms with Gasteiger partial charge < -0.3 is 0 Å². The lowest BCUT2D eigenvalue weighted by Gasteiger charge is -2.20. The van der Waals surface area contributed by atoms with Crippen LogP contribution >= 0.6 is 0 Å². The van der Waals surface area contributed by atoms with Crippen LogP contribution in [0.15, 0.2) is 39.9 Å². The Labute approximate surface area is 83.7 Å². The Morgan fingerprint density at radius 2 is 1.71 bits per heavy atom. The highest BCUT2D eigenvalue weighted by Gasteiger charge is 2.21. The molecule has 0 aromatic carbocycles. The molecule has 2 nitrogen and oxygen atoms in total. The molecule has 2 rings (SSSR count). The summed E-state index contributed by atoms with van der Waals surface area (Å²) in [6.45, 7) is 5.94. The van der Waals surface area contributed by atoms with E-state index >= 15 is 0 Å². The van der Waals surface area contributed by atoms with E-state index in [2.05, 4.69) is 18.0 Å². The van der Waals surface area contributed by atoms with Crippen LogP contribution in [-0.4, -0.2) is 11.6 Å². The van der Waals surface area contributed by atoms with Gasteiger partial charge in [0.1, 0.15) is 0 Å². The quantitative estimate of drug-likeness (QED) is 0.572. The first-order chi connectivity index (χ1) is 6.58. The van der Waals surface area contributed by atoms with E-state index in [-0.39, 0.29) is 11.8 Å². The molecule has 0 fully saturated rings. The molecule has 14 heavy (non-hydrogen) atoms.